The molecule has 0 saturated carbocycles. The summed E-state index contributed by atoms with van der Waals surface area (Å²) in [6.45, 7) is 6.55. The molecule has 0 amide bonds. The van der Waals surface area contributed by atoms with Crippen LogP contribution in [-0.4, -0.2) is 11.1 Å². The van der Waals surface area contributed by atoms with E-state index < -0.39 is 0 Å². The van der Waals surface area contributed by atoms with Crippen LogP contribution in [0.2, 0.25) is 0 Å². The molecule has 0 radical (unpaired) electrons. The molecule has 0 aliphatic rings. The fourth-order valence-corrected chi connectivity index (χ4v) is 3.05. The highest BCUT2D eigenvalue weighted by Crippen LogP contribution is 2.24. The molecule has 1 aromatic heterocycles. The molecule has 1 atom stereocenters. The summed E-state index contributed by atoms with van der Waals surface area (Å²) < 4.78 is 2.45. The molecule has 0 aliphatic heterocycles. The number of nitrogens with zero attached hydrogens (tertiary/aromatic N) is 1. The Bertz CT molecular complexity index is 527. The Morgan fingerprint density at radius 2 is 2.00 bits per heavy atom. The highest BCUT2D eigenvalue weighted by Gasteiger charge is 2.10. The number of benzene rings is 1. The van der Waals surface area contributed by atoms with Gasteiger partial charge in [0.15, 0.2) is 0 Å². The average Bonchev–Trinajstić information content (AvgIpc) is 2.78. The van der Waals surface area contributed by atoms with Gasteiger partial charge in [-0.1, -0.05) is 38.5 Å². The van der Waals surface area contributed by atoms with Crippen LogP contribution in [0.3, 0.4) is 0 Å². The summed E-state index contributed by atoms with van der Waals surface area (Å²) in [5.41, 5.74) is 8.48. The number of rotatable bonds is 8. The second kappa shape index (κ2) is 7.49. The molecule has 2 N–H and O–H groups in total. The summed E-state index contributed by atoms with van der Waals surface area (Å²) in [6.07, 6.45) is 8.39. The minimum Gasteiger partial charge on any atom is -0.347 e. The van der Waals surface area contributed by atoms with Crippen LogP contribution in [0.4, 0.5) is 0 Å². The zero-order valence-electron chi connectivity index (χ0n) is 12.9. The molecular formula is C18H28N2. The van der Waals surface area contributed by atoms with Gasteiger partial charge in [-0.25, -0.2) is 0 Å². The number of nitrogens with two attached hydrogens (primary N) is 1. The third-order valence-corrected chi connectivity index (χ3v) is 4.06. The Morgan fingerprint density at radius 1 is 1.20 bits per heavy atom. The summed E-state index contributed by atoms with van der Waals surface area (Å²) in [6, 6.07) is 8.80. The lowest BCUT2D eigenvalue weighted by Gasteiger charge is -2.12. The Kier molecular flexibility index (Phi) is 5.66. The van der Waals surface area contributed by atoms with Crippen LogP contribution in [0.5, 0.6) is 0 Å². The second-order valence-corrected chi connectivity index (χ2v) is 5.96. The smallest absolute Gasteiger partial charge is 0.0483 e. The van der Waals surface area contributed by atoms with Crippen molar-refractivity contribution in [3.63, 3.8) is 0 Å². The van der Waals surface area contributed by atoms with Crippen LogP contribution < -0.4 is 5.73 Å². The molecule has 0 bridgehead atoms. The molecule has 0 spiro atoms. The Hall–Kier alpha value is -1.28. The molecule has 2 aromatic rings. The predicted molar refractivity (Wildman–Crippen MR) is 88.0 cm³/mol. The van der Waals surface area contributed by atoms with Gasteiger partial charge in [0.05, 0.1) is 0 Å². The van der Waals surface area contributed by atoms with Crippen molar-refractivity contribution in [1.82, 2.24) is 4.57 Å². The summed E-state index contributed by atoms with van der Waals surface area (Å²) in [5, 5.41) is 1.42. The molecule has 1 unspecified atom stereocenters. The van der Waals surface area contributed by atoms with E-state index in [0.717, 1.165) is 31.8 Å². The first-order valence-electron chi connectivity index (χ1n) is 8.03. The maximum Gasteiger partial charge on any atom is 0.0483 e. The zero-order valence-corrected chi connectivity index (χ0v) is 12.9. The quantitative estimate of drug-likeness (QED) is 0.711. The maximum atomic E-state index is 5.60. The topological polar surface area (TPSA) is 30.9 Å². The Morgan fingerprint density at radius 3 is 2.75 bits per heavy atom. The van der Waals surface area contributed by atoms with Crippen LogP contribution in [0.1, 0.15) is 45.1 Å². The molecule has 2 nitrogen and oxygen atoms in total. The molecule has 1 aromatic carbocycles. The Balaban J connectivity index is 2.21. The standard InChI is InChI=1S/C18H28N2/c1-3-8-15(2)13-20-14-16(9-6-7-12-19)17-10-4-5-11-18(17)20/h4-5,10-11,14-15H,3,6-9,12-13,19H2,1-2H3. The first-order chi connectivity index (χ1) is 9.76. The van der Waals surface area contributed by atoms with Crippen LogP contribution in [0.15, 0.2) is 30.5 Å². The van der Waals surface area contributed by atoms with Crippen molar-refractivity contribution in [2.75, 3.05) is 6.54 Å². The lowest BCUT2D eigenvalue weighted by molar-refractivity contribution is 0.453. The van der Waals surface area contributed by atoms with Crippen molar-refractivity contribution >= 4 is 10.9 Å². The second-order valence-electron chi connectivity index (χ2n) is 5.96. The van der Waals surface area contributed by atoms with E-state index in [1.54, 1.807) is 0 Å². The van der Waals surface area contributed by atoms with Crippen molar-refractivity contribution in [3.05, 3.63) is 36.0 Å². The van der Waals surface area contributed by atoms with E-state index in [0.29, 0.717) is 0 Å². The highest BCUT2D eigenvalue weighted by molar-refractivity contribution is 5.83. The molecule has 0 saturated heterocycles. The number of aromatic nitrogens is 1. The van der Waals surface area contributed by atoms with Gasteiger partial charge >= 0.3 is 0 Å². The van der Waals surface area contributed by atoms with Crippen molar-refractivity contribution in [3.8, 4) is 0 Å². The first-order valence-corrected chi connectivity index (χ1v) is 8.03. The molecular weight excluding hydrogens is 244 g/mol. The van der Waals surface area contributed by atoms with E-state index in [1.807, 2.05) is 0 Å². The molecule has 20 heavy (non-hydrogen) atoms. The third-order valence-electron chi connectivity index (χ3n) is 4.06. The van der Waals surface area contributed by atoms with Gasteiger partial charge in [-0.3, -0.25) is 0 Å². The van der Waals surface area contributed by atoms with Gasteiger partial charge in [0.25, 0.3) is 0 Å². The zero-order chi connectivity index (χ0) is 14.4. The molecule has 0 fully saturated rings. The lowest BCUT2D eigenvalue weighted by atomic mass is 10.1. The lowest BCUT2D eigenvalue weighted by Crippen LogP contribution is -2.06. The number of unbranched alkanes of at least 4 members (excludes halogenated alkanes) is 1. The summed E-state index contributed by atoms with van der Waals surface area (Å²) >= 11 is 0. The Labute approximate surface area is 123 Å². The summed E-state index contributed by atoms with van der Waals surface area (Å²) in [7, 11) is 0. The van der Waals surface area contributed by atoms with Crippen molar-refractivity contribution in [1.29, 1.82) is 0 Å². The van der Waals surface area contributed by atoms with E-state index in [4.69, 9.17) is 5.73 Å². The van der Waals surface area contributed by atoms with Gasteiger partial charge in [0, 0.05) is 23.6 Å². The normalized spacial score (nSPS) is 12.9. The molecule has 2 heteroatoms. The van der Waals surface area contributed by atoms with Crippen molar-refractivity contribution in [2.45, 2.75) is 52.5 Å². The van der Waals surface area contributed by atoms with Crippen LogP contribution >= 0.6 is 0 Å². The minimum absolute atomic E-state index is 0.743. The number of fused-ring (bicyclic) bond motifs is 1. The maximum absolute atomic E-state index is 5.60. The largest absolute Gasteiger partial charge is 0.347 e. The highest BCUT2D eigenvalue weighted by atomic mass is 15.0. The minimum atomic E-state index is 0.743. The monoisotopic (exact) mass is 272 g/mol. The van der Waals surface area contributed by atoms with E-state index in [2.05, 4.69) is 48.9 Å². The van der Waals surface area contributed by atoms with Gasteiger partial charge in [0.1, 0.15) is 0 Å². The number of hydrogen-bond donors (Lipinski definition) is 1. The van der Waals surface area contributed by atoms with E-state index >= 15 is 0 Å². The third kappa shape index (κ3) is 3.63. The van der Waals surface area contributed by atoms with Gasteiger partial charge in [-0.2, -0.15) is 0 Å². The number of hydrogen-bond acceptors (Lipinski definition) is 1. The fourth-order valence-electron chi connectivity index (χ4n) is 3.05. The summed E-state index contributed by atoms with van der Waals surface area (Å²) in [4.78, 5) is 0. The van der Waals surface area contributed by atoms with E-state index in [-0.39, 0.29) is 0 Å². The van der Waals surface area contributed by atoms with Crippen LogP contribution in [-0.2, 0) is 13.0 Å². The molecule has 1 heterocycles. The van der Waals surface area contributed by atoms with Crippen LogP contribution in [0.25, 0.3) is 10.9 Å². The first kappa shape index (κ1) is 15.1. The predicted octanol–water partition coefficient (Wildman–Crippen LogP) is 4.36. The van der Waals surface area contributed by atoms with Crippen LogP contribution in [0, 0.1) is 5.92 Å². The fraction of sp³-hybridized carbons (Fsp3) is 0.556. The van der Waals surface area contributed by atoms with Gasteiger partial charge in [-0.15, -0.1) is 0 Å². The van der Waals surface area contributed by atoms with Gasteiger partial charge < -0.3 is 10.3 Å². The molecule has 2 rings (SSSR count). The van der Waals surface area contributed by atoms with Crippen molar-refractivity contribution < 1.29 is 0 Å². The van der Waals surface area contributed by atoms with E-state index in [9.17, 15) is 0 Å². The average molecular weight is 272 g/mol. The molecule has 110 valence electrons. The number of aryl methyl sites for hydroxylation is 1. The van der Waals surface area contributed by atoms with Gasteiger partial charge in [-0.05, 0) is 49.8 Å². The number of para-hydroxylation sites is 1. The van der Waals surface area contributed by atoms with Crippen molar-refractivity contribution in [2.24, 2.45) is 11.7 Å². The van der Waals surface area contributed by atoms with Gasteiger partial charge in [0.2, 0.25) is 0 Å². The SMILES string of the molecule is CCCC(C)Cn1cc(CCCCN)c2ccccc21. The summed E-state index contributed by atoms with van der Waals surface area (Å²) in [5.74, 6) is 0.743. The molecule has 0 aliphatic carbocycles. The van der Waals surface area contributed by atoms with E-state index in [1.165, 1.54) is 35.7 Å².